The number of unbranched alkanes of at least 4 members (excludes halogenated alkanes) is 6. The molecular formula is C12H22OS. The summed E-state index contributed by atoms with van der Waals surface area (Å²) in [6, 6.07) is 0. The van der Waals surface area contributed by atoms with Crippen LogP contribution in [0.2, 0.25) is 0 Å². The van der Waals surface area contributed by atoms with E-state index in [1.807, 2.05) is 0 Å². The molecule has 1 atom stereocenters. The average Bonchev–Trinajstić information content (AvgIpc) is 2.13. The second-order valence-corrected chi connectivity index (χ2v) is 5.58. The van der Waals surface area contributed by atoms with E-state index in [0.29, 0.717) is 10.4 Å². The first-order chi connectivity index (χ1) is 6.83. The Morgan fingerprint density at radius 1 is 1.14 bits per heavy atom. The van der Waals surface area contributed by atoms with Crippen molar-refractivity contribution in [2.24, 2.45) is 0 Å². The molecule has 0 spiro atoms. The van der Waals surface area contributed by atoms with Crippen LogP contribution < -0.4 is 0 Å². The second-order valence-electron chi connectivity index (χ2n) is 4.23. The van der Waals surface area contributed by atoms with E-state index < -0.39 is 0 Å². The minimum absolute atomic E-state index is 0.401. The van der Waals surface area contributed by atoms with Gasteiger partial charge >= 0.3 is 0 Å². The van der Waals surface area contributed by atoms with Crippen molar-refractivity contribution in [2.75, 3.05) is 0 Å². The first-order valence-electron chi connectivity index (χ1n) is 6.02. The van der Waals surface area contributed by atoms with Gasteiger partial charge in [-0.05, 0) is 6.42 Å². The van der Waals surface area contributed by atoms with Gasteiger partial charge in [-0.15, -0.1) is 0 Å². The van der Waals surface area contributed by atoms with Gasteiger partial charge in [-0.1, -0.05) is 63.6 Å². The standard InChI is InChI=1S/C12H22OS/c1-2-3-4-5-6-7-8-9-11-10-12(13)14-11/h11H,2-10H2,1H3. The number of carbonyl (C=O) groups excluding carboxylic acids is 1. The van der Waals surface area contributed by atoms with Gasteiger partial charge < -0.3 is 0 Å². The predicted molar refractivity (Wildman–Crippen MR) is 63.6 cm³/mol. The number of hydrogen-bond donors (Lipinski definition) is 0. The summed E-state index contributed by atoms with van der Waals surface area (Å²) in [6.45, 7) is 2.25. The molecule has 0 aliphatic carbocycles. The highest BCUT2D eigenvalue weighted by Crippen LogP contribution is 2.33. The first kappa shape index (κ1) is 12.1. The normalized spacial score (nSPS) is 20.9. The molecule has 1 aliphatic heterocycles. The van der Waals surface area contributed by atoms with Crippen LogP contribution in [0.25, 0.3) is 0 Å². The van der Waals surface area contributed by atoms with Crippen LogP contribution in [-0.4, -0.2) is 10.4 Å². The lowest BCUT2D eigenvalue weighted by atomic mass is 10.1. The molecule has 1 saturated heterocycles. The van der Waals surface area contributed by atoms with Crippen molar-refractivity contribution in [2.45, 2.75) is 70.0 Å². The minimum atomic E-state index is 0.401. The molecule has 0 aromatic carbocycles. The van der Waals surface area contributed by atoms with E-state index in [0.717, 1.165) is 6.42 Å². The Balaban J connectivity index is 1.74. The molecule has 1 rings (SSSR count). The van der Waals surface area contributed by atoms with Crippen molar-refractivity contribution in [1.82, 2.24) is 0 Å². The molecular weight excluding hydrogens is 192 g/mol. The van der Waals surface area contributed by atoms with Crippen LogP contribution in [0, 0.1) is 0 Å². The van der Waals surface area contributed by atoms with Crippen LogP contribution in [-0.2, 0) is 4.79 Å². The Morgan fingerprint density at radius 3 is 2.29 bits per heavy atom. The third-order valence-electron chi connectivity index (χ3n) is 2.82. The van der Waals surface area contributed by atoms with Crippen LogP contribution in [0.1, 0.15) is 64.7 Å². The molecule has 1 heterocycles. The Labute approximate surface area is 92.0 Å². The highest BCUT2D eigenvalue weighted by molar-refractivity contribution is 8.16. The van der Waals surface area contributed by atoms with Gasteiger partial charge in [0.1, 0.15) is 0 Å². The summed E-state index contributed by atoms with van der Waals surface area (Å²) < 4.78 is 0. The van der Waals surface area contributed by atoms with E-state index in [1.54, 1.807) is 11.8 Å². The van der Waals surface area contributed by atoms with Crippen LogP contribution >= 0.6 is 11.8 Å². The Hall–Kier alpha value is 0.0200. The maximum Gasteiger partial charge on any atom is 0.190 e. The van der Waals surface area contributed by atoms with Gasteiger partial charge in [0.15, 0.2) is 5.12 Å². The molecule has 0 N–H and O–H groups in total. The zero-order chi connectivity index (χ0) is 10.2. The SMILES string of the molecule is CCCCCCCCCC1CC(=O)S1. The smallest absolute Gasteiger partial charge is 0.190 e. The van der Waals surface area contributed by atoms with Crippen LogP contribution in [0.3, 0.4) is 0 Å². The van der Waals surface area contributed by atoms with Crippen molar-refractivity contribution >= 4 is 16.9 Å². The minimum Gasteiger partial charge on any atom is -0.287 e. The molecule has 0 bridgehead atoms. The number of carbonyl (C=O) groups is 1. The van der Waals surface area contributed by atoms with E-state index in [9.17, 15) is 4.79 Å². The van der Waals surface area contributed by atoms with Crippen molar-refractivity contribution < 1.29 is 4.79 Å². The van der Waals surface area contributed by atoms with Gasteiger partial charge in [0.05, 0.1) is 0 Å². The predicted octanol–water partition coefficient (Wildman–Crippen LogP) is 4.16. The molecule has 0 aromatic rings. The highest BCUT2D eigenvalue weighted by Gasteiger charge is 2.26. The lowest BCUT2D eigenvalue weighted by Gasteiger charge is -2.22. The summed E-state index contributed by atoms with van der Waals surface area (Å²) in [7, 11) is 0. The Kier molecular flexibility index (Phi) is 6.33. The summed E-state index contributed by atoms with van der Waals surface area (Å²) in [6.07, 6.45) is 11.8. The van der Waals surface area contributed by atoms with E-state index >= 15 is 0 Å². The van der Waals surface area contributed by atoms with E-state index in [4.69, 9.17) is 0 Å². The molecule has 1 aliphatic rings. The van der Waals surface area contributed by atoms with Gasteiger partial charge in [-0.25, -0.2) is 0 Å². The summed E-state index contributed by atoms with van der Waals surface area (Å²) >= 11 is 1.56. The number of thioether (sulfide) groups is 1. The van der Waals surface area contributed by atoms with Gasteiger partial charge in [-0.3, -0.25) is 4.79 Å². The Bertz CT molecular complexity index is 160. The topological polar surface area (TPSA) is 17.1 Å². The van der Waals surface area contributed by atoms with Crippen molar-refractivity contribution in [3.05, 3.63) is 0 Å². The zero-order valence-corrected chi connectivity index (χ0v) is 10.1. The van der Waals surface area contributed by atoms with Crippen molar-refractivity contribution in [3.63, 3.8) is 0 Å². The monoisotopic (exact) mass is 214 g/mol. The van der Waals surface area contributed by atoms with Gasteiger partial charge in [0.25, 0.3) is 0 Å². The van der Waals surface area contributed by atoms with Crippen LogP contribution in [0.5, 0.6) is 0 Å². The fourth-order valence-corrected chi connectivity index (χ4v) is 2.74. The summed E-state index contributed by atoms with van der Waals surface area (Å²) in [5, 5.41) is 1.08. The lowest BCUT2D eigenvalue weighted by molar-refractivity contribution is -0.112. The van der Waals surface area contributed by atoms with Gasteiger partial charge in [0, 0.05) is 11.7 Å². The third kappa shape index (κ3) is 5.04. The molecule has 0 amide bonds. The third-order valence-corrected chi connectivity index (χ3v) is 3.99. The molecule has 0 saturated carbocycles. The van der Waals surface area contributed by atoms with Gasteiger partial charge in [0.2, 0.25) is 0 Å². The molecule has 0 aromatic heterocycles. The summed E-state index contributed by atoms with van der Waals surface area (Å²) in [5.41, 5.74) is 0. The number of rotatable bonds is 8. The Morgan fingerprint density at radius 2 is 1.71 bits per heavy atom. The molecule has 14 heavy (non-hydrogen) atoms. The number of hydrogen-bond acceptors (Lipinski definition) is 2. The first-order valence-corrected chi connectivity index (χ1v) is 6.90. The maximum absolute atomic E-state index is 10.7. The fraction of sp³-hybridized carbons (Fsp3) is 0.917. The fourth-order valence-electron chi connectivity index (χ4n) is 1.85. The van der Waals surface area contributed by atoms with E-state index in [1.165, 1.54) is 51.4 Å². The molecule has 0 radical (unpaired) electrons. The van der Waals surface area contributed by atoms with E-state index in [-0.39, 0.29) is 0 Å². The quantitative estimate of drug-likeness (QED) is 0.564. The largest absolute Gasteiger partial charge is 0.287 e. The molecule has 1 nitrogen and oxygen atoms in total. The average molecular weight is 214 g/mol. The maximum atomic E-state index is 10.7. The second kappa shape index (κ2) is 7.33. The summed E-state index contributed by atoms with van der Waals surface area (Å²) in [5.74, 6) is 0. The molecule has 1 fully saturated rings. The molecule has 82 valence electrons. The summed E-state index contributed by atoms with van der Waals surface area (Å²) in [4.78, 5) is 10.7. The van der Waals surface area contributed by atoms with Crippen molar-refractivity contribution in [1.29, 1.82) is 0 Å². The molecule has 2 heteroatoms. The highest BCUT2D eigenvalue weighted by atomic mass is 32.2. The van der Waals surface area contributed by atoms with Gasteiger partial charge in [-0.2, -0.15) is 0 Å². The van der Waals surface area contributed by atoms with Crippen molar-refractivity contribution in [3.8, 4) is 0 Å². The van der Waals surface area contributed by atoms with E-state index in [2.05, 4.69) is 6.92 Å². The van der Waals surface area contributed by atoms with Crippen LogP contribution in [0.15, 0.2) is 0 Å². The lowest BCUT2D eigenvalue weighted by Crippen LogP contribution is -2.20. The van der Waals surface area contributed by atoms with Crippen LogP contribution in [0.4, 0.5) is 0 Å². The molecule has 1 unspecified atom stereocenters. The zero-order valence-electron chi connectivity index (χ0n) is 9.26.